The molecule has 2 atom stereocenters. The van der Waals surface area contributed by atoms with Gasteiger partial charge in [-0.05, 0) is 54.1 Å². The lowest BCUT2D eigenvalue weighted by atomic mass is 9.81. The summed E-state index contributed by atoms with van der Waals surface area (Å²) in [6, 6.07) is 20.2. The van der Waals surface area contributed by atoms with E-state index in [0.29, 0.717) is 52.3 Å². The van der Waals surface area contributed by atoms with Gasteiger partial charge in [0.1, 0.15) is 5.75 Å². The fraction of sp³-hybridized carbons (Fsp3) is 0.286. The van der Waals surface area contributed by atoms with Crippen LogP contribution in [0.4, 0.5) is 0 Å². The summed E-state index contributed by atoms with van der Waals surface area (Å²) in [6.45, 7) is 0.482. The molecule has 3 aromatic carbocycles. The van der Waals surface area contributed by atoms with Crippen molar-refractivity contribution in [3.05, 3.63) is 97.9 Å². The smallest absolute Gasteiger partial charge is 0.254 e. The number of ether oxygens (including phenoxy) is 2. The maximum absolute atomic E-state index is 13.9. The van der Waals surface area contributed by atoms with E-state index in [1.807, 2.05) is 48.5 Å². The topological polar surface area (TPSA) is 71.4 Å². The highest BCUT2D eigenvalue weighted by Crippen LogP contribution is 2.45. The van der Waals surface area contributed by atoms with Crippen LogP contribution in [0.15, 0.2) is 76.2 Å². The first-order chi connectivity index (χ1) is 17.7. The maximum Gasteiger partial charge on any atom is 0.254 e. The van der Waals surface area contributed by atoms with Crippen molar-refractivity contribution in [3.8, 4) is 5.75 Å². The van der Waals surface area contributed by atoms with Crippen molar-refractivity contribution >= 4 is 50.9 Å². The SMILES string of the molecule is CN(C)C(=O)[C@]1(Cc2ccc(Br)cc2)N=C(c2ccc(OCCCO)cc2)O[C@@H]1c1ccc(Cl)cc1Cl. The normalized spacial score (nSPS) is 18.8. The molecule has 0 fully saturated rings. The number of rotatable bonds is 9. The summed E-state index contributed by atoms with van der Waals surface area (Å²) < 4.78 is 13.1. The number of hydrogen-bond acceptors (Lipinski definition) is 5. The molecule has 4 rings (SSSR count). The number of halogens is 3. The van der Waals surface area contributed by atoms with E-state index in [1.165, 1.54) is 4.90 Å². The highest BCUT2D eigenvalue weighted by Gasteiger charge is 2.54. The Morgan fingerprint density at radius 2 is 1.81 bits per heavy atom. The zero-order chi connectivity index (χ0) is 26.6. The van der Waals surface area contributed by atoms with Gasteiger partial charge in [-0.1, -0.05) is 57.3 Å². The second kappa shape index (κ2) is 11.9. The van der Waals surface area contributed by atoms with Crippen molar-refractivity contribution in [2.75, 3.05) is 27.3 Å². The molecule has 194 valence electrons. The fourth-order valence-electron chi connectivity index (χ4n) is 4.26. The summed E-state index contributed by atoms with van der Waals surface area (Å²) >= 11 is 16.3. The molecule has 1 N–H and O–H groups in total. The Labute approximate surface area is 235 Å². The zero-order valence-corrected chi connectivity index (χ0v) is 23.6. The summed E-state index contributed by atoms with van der Waals surface area (Å²) in [5, 5.41) is 9.86. The van der Waals surface area contributed by atoms with Gasteiger partial charge in [0.05, 0.1) is 6.61 Å². The molecule has 37 heavy (non-hydrogen) atoms. The van der Waals surface area contributed by atoms with E-state index >= 15 is 0 Å². The van der Waals surface area contributed by atoms with E-state index in [1.54, 1.807) is 32.3 Å². The van der Waals surface area contributed by atoms with Crippen molar-refractivity contribution in [1.82, 2.24) is 4.90 Å². The van der Waals surface area contributed by atoms with E-state index in [4.69, 9.17) is 42.8 Å². The molecule has 1 amide bonds. The van der Waals surface area contributed by atoms with Crippen molar-refractivity contribution in [2.24, 2.45) is 4.99 Å². The van der Waals surface area contributed by atoms with Gasteiger partial charge in [-0.3, -0.25) is 4.79 Å². The Balaban J connectivity index is 1.80. The van der Waals surface area contributed by atoms with Crippen LogP contribution in [0.5, 0.6) is 5.75 Å². The minimum atomic E-state index is -1.31. The lowest BCUT2D eigenvalue weighted by Crippen LogP contribution is -2.49. The van der Waals surface area contributed by atoms with Crippen LogP contribution in [-0.2, 0) is 16.0 Å². The van der Waals surface area contributed by atoms with Crippen molar-refractivity contribution in [3.63, 3.8) is 0 Å². The standard InChI is InChI=1S/C28H27BrCl2N2O4/c1-33(2)27(35)28(17-18-4-8-20(29)9-5-18)25(23-13-10-21(30)16-24(23)31)37-26(32-28)19-6-11-22(12-7-19)36-15-3-14-34/h4-13,16,25,34H,3,14-15,17H2,1-2H3/t25-,28-/m1/s1. The van der Waals surface area contributed by atoms with Crippen LogP contribution in [0.2, 0.25) is 10.0 Å². The van der Waals surface area contributed by atoms with Crippen LogP contribution >= 0.6 is 39.1 Å². The first-order valence-corrected chi connectivity index (χ1v) is 13.3. The number of carbonyl (C=O) groups excluding carboxylic acids is 1. The predicted molar refractivity (Wildman–Crippen MR) is 150 cm³/mol. The van der Waals surface area contributed by atoms with Crippen molar-refractivity contribution in [1.29, 1.82) is 0 Å². The Hall–Kier alpha value is -2.58. The number of likely N-dealkylation sites (N-methyl/N-ethyl adjacent to an activating group) is 1. The van der Waals surface area contributed by atoms with E-state index in [-0.39, 0.29) is 12.5 Å². The van der Waals surface area contributed by atoms with Crippen LogP contribution < -0.4 is 4.74 Å². The van der Waals surface area contributed by atoms with E-state index in [2.05, 4.69) is 15.9 Å². The lowest BCUT2D eigenvalue weighted by Gasteiger charge is -2.33. The lowest BCUT2D eigenvalue weighted by molar-refractivity contribution is -0.137. The number of nitrogens with zero attached hydrogens (tertiary/aromatic N) is 2. The highest BCUT2D eigenvalue weighted by atomic mass is 79.9. The molecule has 0 unspecified atom stereocenters. The summed E-state index contributed by atoms with van der Waals surface area (Å²) in [5.74, 6) is 0.800. The molecule has 0 saturated carbocycles. The molecular weight excluding hydrogens is 579 g/mol. The number of carbonyl (C=O) groups is 1. The van der Waals surface area contributed by atoms with Gasteiger partial charge in [0, 0.05) is 59.2 Å². The van der Waals surface area contributed by atoms with Crippen molar-refractivity contribution < 1.29 is 19.4 Å². The zero-order valence-electron chi connectivity index (χ0n) is 20.5. The van der Waals surface area contributed by atoms with Gasteiger partial charge in [-0.2, -0.15) is 0 Å². The Morgan fingerprint density at radius 1 is 1.11 bits per heavy atom. The number of aliphatic imine (C=N–C) groups is 1. The molecule has 0 aliphatic carbocycles. The molecule has 0 saturated heterocycles. The molecule has 1 aliphatic heterocycles. The quantitative estimate of drug-likeness (QED) is 0.299. The first-order valence-electron chi connectivity index (χ1n) is 11.8. The minimum absolute atomic E-state index is 0.0672. The molecule has 1 aliphatic rings. The van der Waals surface area contributed by atoms with Crippen LogP contribution in [0.3, 0.4) is 0 Å². The molecule has 3 aromatic rings. The third-order valence-corrected chi connectivity index (χ3v) is 7.14. The van der Waals surface area contributed by atoms with Crippen LogP contribution in [0.25, 0.3) is 0 Å². The van der Waals surface area contributed by atoms with Gasteiger partial charge < -0.3 is 19.5 Å². The molecule has 0 aromatic heterocycles. The minimum Gasteiger partial charge on any atom is -0.494 e. The third-order valence-electron chi connectivity index (χ3n) is 6.05. The average molecular weight is 606 g/mol. The van der Waals surface area contributed by atoms with Gasteiger partial charge >= 0.3 is 0 Å². The number of benzene rings is 3. The molecule has 9 heteroatoms. The molecular formula is C28H27BrCl2N2O4. The molecule has 0 spiro atoms. The summed E-state index contributed by atoms with van der Waals surface area (Å²) in [6.07, 6.45) is 0.0605. The second-order valence-electron chi connectivity index (χ2n) is 8.96. The number of hydrogen-bond donors (Lipinski definition) is 1. The second-order valence-corrected chi connectivity index (χ2v) is 10.7. The Kier molecular flexibility index (Phi) is 8.80. The first kappa shape index (κ1) is 27.5. The van der Waals surface area contributed by atoms with Gasteiger partial charge in [0.25, 0.3) is 5.91 Å². The Morgan fingerprint density at radius 3 is 2.43 bits per heavy atom. The number of amides is 1. The van der Waals surface area contributed by atoms with Gasteiger partial charge in [0.2, 0.25) is 5.90 Å². The van der Waals surface area contributed by atoms with Gasteiger partial charge in [-0.25, -0.2) is 4.99 Å². The Bertz CT molecular complexity index is 1280. The van der Waals surface area contributed by atoms with Crippen LogP contribution in [0.1, 0.15) is 29.2 Å². The van der Waals surface area contributed by atoms with E-state index < -0.39 is 11.6 Å². The predicted octanol–water partition coefficient (Wildman–Crippen LogP) is 6.10. The number of aliphatic hydroxyl groups is 1. The highest BCUT2D eigenvalue weighted by molar-refractivity contribution is 9.10. The average Bonchev–Trinajstić information content (AvgIpc) is 3.25. The van der Waals surface area contributed by atoms with Gasteiger partial charge in [0.15, 0.2) is 11.6 Å². The molecule has 0 bridgehead atoms. The van der Waals surface area contributed by atoms with E-state index in [0.717, 1.165) is 10.0 Å². The fourth-order valence-corrected chi connectivity index (χ4v) is 5.03. The van der Waals surface area contributed by atoms with E-state index in [9.17, 15) is 4.79 Å². The molecule has 1 heterocycles. The summed E-state index contributed by atoms with van der Waals surface area (Å²) in [4.78, 5) is 20.4. The van der Waals surface area contributed by atoms with Crippen LogP contribution in [0, 0.1) is 0 Å². The number of aliphatic hydroxyl groups excluding tert-OH is 1. The van der Waals surface area contributed by atoms with Crippen molar-refractivity contribution in [2.45, 2.75) is 24.5 Å². The summed E-state index contributed by atoms with van der Waals surface area (Å²) in [7, 11) is 3.41. The van der Waals surface area contributed by atoms with Crippen LogP contribution in [-0.4, -0.2) is 54.7 Å². The molecule has 0 radical (unpaired) electrons. The largest absolute Gasteiger partial charge is 0.494 e. The summed E-state index contributed by atoms with van der Waals surface area (Å²) in [5.41, 5.74) is 0.949. The molecule has 6 nitrogen and oxygen atoms in total. The monoisotopic (exact) mass is 604 g/mol. The maximum atomic E-state index is 13.9. The van der Waals surface area contributed by atoms with Gasteiger partial charge in [-0.15, -0.1) is 0 Å². The third kappa shape index (κ3) is 6.12.